The molecule has 35 heavy (non-hydrogen) atoms. The van der Waals surface area contributed by atoms with Crippen molar-refractivity contribution in [3.05, 3.63) is 93.0 Å². The lowest BCUT2D eigenvalue weighted by Gasteiger charge is -2.14. The molecule has 0 spiro atoms. The molecular formula is C25H18Cl2N2O6. The van der Waals surface area contributed by atoms with E-state index in [4.69, 9.17) is 32.7 Å². The number of halogens is 2. The molecule has 8 nitrogen and oxygen atoms in total. The molecule has 1 aliphatic rings. The Bertz CT molecular complexity index is 1340. The minimum atomic E-state index is -0.825. The maximum Gasteiger partial charge on any atom is 0.338 e. The molecule has 0 saturated heterocycles. The lowest BCUT2D eigenvalue weighted by Crippen LogP contribution is -2.29. The number of anilines is 1. The number of benzene rings is 3. The third-order valence-corrected chi connectivity index (χ3v) is 5.81. The number of rotatable bonds is 7. The number of fused-ring (bicyclic) bond motifs is 1. The molecule has 3 aromatic carbocycles. The number of nitrogens with one attached hydrogen (secondary N) is 1. The monoisotopic (exact) mass is 512 g/mol. The number of imide groups is 1. The molecule has 178 valence electrons. The Morgan fingerprint density at radius 1 is 0.914 bits per heavy atom. The van der Waals surface area contributed by atoms with Crippen molar-refractivity contribution in [2.24, 2.45) is 0 Å². The first kappa shape index (κ1) is 24.3. The van der Waals surface area contributed by atoms with E-state index in [1.54, 1.807) is 37.4 Å². The van der Waals surface area contributed by atoms with Crippen LogP contribution in [0.1, 0.15) is 36.6 Å². The molecule has 0 atom stereocenters. The molecule has 3 aromatic rings. The van der Waals surface area contributed by atoms with Crippen LogP contribution in [0.3, 0.4) is 0 Å². The van der Waals surface area contributed by atoms with Crippen molar-refractivity contribution in [1.82, 2.24) is 4.90 Å². The Balaban J connectivity index is 1.41. The van der Waals surface area contributed by atoms with Gasteiger partial charge in [-0.05, 0) is 54.1 Å². The van der Waals surface area contributed by atoms with E-state index in [0.717, 1.165) is 10.5 Å². The maximum absolute atomic E-state index is 12.9. The largest absolute Gasteiger partial charge is 0.497 e. The van der Waals surface area contributed by atoms with Crippen LogP contribution in [0.5, 0.6) is 5.75 Å². The molecule has 10 heteroatoms. The highest BCUT2D eigenvalue weighted by atomic mass is 35.5. The summed E-state index contributed by atoms with van der Waals surface area (Å²) >= 11 is 11.9. The first-order chi connectivity index (χ1) is 16.8. The van der Waals surface area contributed by atoms with Gasteiger partial charge in [0, 0.05) is 5.02 Å². The highest BCUT2D eigenvalue weighted by Crippen LogP contribution is 2.27. The van der Waals surface area contributed by atoms with Gasteiger partial charge in [0.15, 0.2) is 6.61 Å². The van der Waals surface area contributed by atoms with Crippen molar-refractivity contribution in [3.63, 3.8) is 0 Å². The van der Waals surface area contributed by atoms with Crippen LogP contribution in [0.2, 0.25) is 10.0 Å². The van der Waals surface area contributed by atoms with E-state index in [2.05, 4.69) is 5.32 Å². The molecule has 3 amide bonds. The van der Waals surface area contributed by atoms with E-state index in [9.17, 15) is 19.2 Å². The number of nitrogens with zero attached hydrogens (tertiary/aromatic N) is 1. The summed E-state index contributed by atoms with van der Waals surface area (Å²) < 4.78 is 10.2. The van der Waals surface area contributed by atoms with Gasteiger partial charge in [-0.2, -0.15) is 0 Å². The summed E-state index contributed by atoms with van der Waals surface area (Å²) in [6.45, 7) is -0.516. The van der Waals surface area contributed by atoms with Crippen molar-refractivity contribution >= 4 is 52.6 Å². The van der Waals surface area contributed by atoms with Crippen LogP contribution in [0.15, 0.2) is 60.7 Å². The molecule has 0 fully saturated rings. The highest BCUT2D eigenvalue weighted by Gasteiger charge is 2.36. The maximum atomic E-state index is 12.9. The van der Waals surface area contributed by atoms with Gasteiger partial charge in [0.25, 0.3) is 17.7 Å². The third kappa shape index (κ3) is 5.29. The Labute approximate surface area is 210 Å². The smallest absolute Gasteiger partial charge is 0.338 e. The SMILES string of the molecule is COc1ccc(CN2C(=O)c3ccc(C(=O)OCC(=O)Nc4cc(Cl)ccc4Cl)cc3C2=O)cc1. The van der Waals surface area contributed by atoms with Crippen molar-refractivity contribution in [1.29, 1.82) is 0 Å². The van der Waals surface area contributed by atoms with Gasteiger partial charge in [-0.25, -0.2) is 4.79 Å². The van der Waals surface area contributed by atoms with Crippen LogP contribution >= 0.6 is 23.2 Å². The van der Waals surface area contributed by atoms with Gasteiger partial charge in [-0.3, -0.25) is 19.3 Å². The van der Waals surface area contributed by atoms with Crippen LogP contribution in [0.25, 0.3) is 0 Å². The predicted octanol–water partition coefficient (Wildman–Crippen LogP) is 4.59. The second-order valence-corrected chi connectivity index (χ2v) is 8.40. The Morgan fingerprint density at radius 2 is 1.63 bits per heavy atom. The minimum Gasteiger partial charge on any atom is -0.497 e. The number of hydrogen-bond donors (Lipinski definition) is 1. The second kappa shape index (κ2) is 10.2. The number of esters is 1. The average molecular weight is 513 g/mol. The molecule has 0 aliphatic carbocycles. The van der Waals surface area contributed by atoms with Gasteiger partial charge in [0.05, 0.1) is 41.1 Å². The van der Waals surface area contributed by atoms with E-state index < -0.39 is 30.3 Å². The standard InChI is InChI=1S/C25H18Cl2N2O6/c1-34-17-6-2-14(3-7-17)12-29-23(31)18-8-4-15(10-19(18)24(29)32)25(33)35-13-22(30)28-21-11-16(26)5-9-20(21)27/h2-11H,12-13H2,1H3,(H,28,30). The average Bonchev–Trinajstić information content (AvgIpc) is 3.09. The van der Waals surface area contributed by atoms with Gasteiger partial charge in [0.1, 0.15) is 5.75 Å². The van der Waals surface area contributed by atoms with E-state index in [-0.39, 0.29) is 33.9 Å². The fourth-order valence-corrected chi connectivity index (χ4v) is 3.81. The van der Waals surface area contributed by atoms with Crippen LogP contribution < -0.4 is 10.1 Å². The number of ether oxygens (including phenoxy) is 2. The third-order valence-electron chi connectivity index (χ3n) is 5.24. The molecule has 0 saturated carbocycles. The van der Waals surface area contributed by atoms with E-state index >= 15 is 0 Å². The molecule has 1 N–H and O–H groups in total. The van der Waals surface area contributed by atoms with Crippen molar-refractivity contribution in [3.8, 4) is 5.75 Å². The number of carbonyl (C=O) groups excluding carboxylic acids is 4. The summed E-state index contributed by atoms with van der Waals surface area (Å²) in [5, 5.41) is 3.15. The summed E-state index contributed by atoms with van der Waals surface area (Å²) in [6.07, 6.45) is 0. The zero-order chi connectivity index (χ0) is 25.1. The Morgan fingerprint density at radius 3 is 2.34 bits per heavy atom. The van der Waals surface area contributed by atoms with E-state index in [0.29, 0.717) is 10.8 Å². The number of hydrogen-bond acceptors (Lipinski definition) is 6. The summed E-state index contributed by atoms with van der Waals surface area (Å²) in [5.41, 5.74) is 1.33. The molecule has 0 radical (unpaired) electrons. The molecular weight excluding hydrogens is 495 g/mol. The first-order valence-electron chi connectivity index (χ1n) is 10.3. The second-order valence-electron chi connectivity index (χ2n) is 7.55. The zero-order valence-corrected chi connectivity index (χ0v) is 19.9. The van der Waals surface area contributed by atoms with Gasteiger partial charge in [0.2, 0.25) is 0 Å². The lowest BCUT2D eigenvalue weighted by atomic mass is 10.1. The van der Waals surface area contributed by atoms with Gasteiger partial charge >= 0.3 is 5.97 Å². The first-order valence-corrected chi connectivity index (χ1v) is 11.1. The summed E-state index contributed by atoms with van der Waals surface area (Å²) in [6, 6.07) is 15.6. The van der Waals surface area contributed by atoms with Crippen LogP contribution in [-0.2, 0) is 16.1 Å². The Hall–Kier alpha value is -3.88. The zero-order valence-electron chi connectivity index (χ0n) is 18.3. The van der Waals surface area contributed by atoms with Crippen LogP contribution in [-0.4, -0.2) is 42.3 Å². The van der Waals surface area contributed by atoms with Crippen molar-refractivity contribution in [2.75, 3.05) is 19.0 Å². The van der Waals surface area contributed by atoms with Gasteiger partial charge < -0.3 is 14.8 Å². The fourth-order valence-electron chi connectivity index (χ4n) is 3.47. The van der Waals surface area contributed by atoms with Gasteiger partial charge in [-0.1, -0.05) is 35.3 Å². The van der Waals surface area contributed by atoms with Crippen LogP contribution in [0.4, 0.5) is 5.69 Å². The quantitative estimate of drug-likeness (QED) is 0.366. The normalized spacial score (nSPS) is 12.4. The molecule has 0 unspecified atom stereocenters. The summed E-state index contributed by atoms with van der Waals surface area (Å²) in [7, 11) is 1.54. The van der Waals surface area contributed by atoms with Crippen molar-refractivity contribution in [2.45, 2.75) is 6.54 Å². The molecule has 1 aliphatic heterocycles. The fraction of sp³-hybridized carbons (Fsp3) is 0.120. The molecule has 0 bridgehead atoms. The molecule has 4 rings (SSSR count). The molecule has 0 aromatic heterocycles. The lowest BCUT2D eigenvalue weighted by molar-refractivity contribution is -0.119. The topological polar surface area (TPSA) is 102 Å². The minimum absolute atomic E-state index is 0.0322. The highest BCUT2D eigenvalue weighted by molar-refractivity contribution is 6.35. The Kier molecular flexibility index (Phi) is 7.04. The number of carbonyl (C=O) groups is 4. The number of amides is 3. The predicted molar refractivity (Wildman–Crippen MR) is 129 cm³/mol. The van der Waals surface area contributed by atoms with Gasteiger partial charge in [-0.15, -0.1) is 0 Å². The molecule has 1 heterocycles. The summed E-state index contributed by atoms with van der Waals surface area (Å²) in [4.78, 5) is 51.3. The van der Waals surface area contributed by atoms with Crippen LogP contribution in [0, 0.1) is 0 Å². The van der Waals surface area contributed by atoms with E-state index in [1.807, 2.05) is 0 Å². The van der Waals surface area contributed by atoms with E-state index in [1.165, 1.54) is 30.3 Å². The van der Waals surface area contributed by atoms with Crippen molar-refractivity contribution < 1.29 is 28.7 Å². The number of methoxy groups -OCH3 is 1. The summed E-state index contributed by atoms with van der Waals surface area (Å²) in [5.74, 6) is -1.78.